The largest absolute Gasteiger partial charge is 0.484 e. The summed E-state index contributed by atoms with van der Waals surface area (Å²) in [6.45, 7) is 0. The van der Waals surface area contributed by atoms with Crippen LogP contribution in [0.3, 0.4) is 0 Å². The van der Waals surface area contributed by atoms with E-state index in [0.29, 0.717) is 24.8 Å². The van der Waals surface area contributed by atoms with Crippen LogP contribution in [0.25, 0.3) is 0 Å². The number of ether oxygens (including phenoxy) is 1. The fourth-order valence-corrected chi connectivity index (χ4v) is 3.88. The minimum absolute atomic E-state index is 0.00764. The van der Waals surface area contributed by atoms with E-state index in [1.54, 1.807) is 0 Å². The summed E-state index contributed by atoms with van der Waals surface area (Å²) < 4.78 is 56.2. The Morgan fingerprint density at radius 2 is 1.90 bits per heavy atom. The van der Waals surface area contributed by atoms with Gasteiger partial charge >= 0.3 is 0 Å². The fourth-order valence-electron chi connectivity index (χ4n) is 2.57. The van der Waals surface area contributed by atoms with Crippen molar-refractivity contribution in [3.63, 3.8) is 0 Å². The molecule has 0 aliphatic heterocycles. The summed E-state index contributed by atoms with van der Waals surface area (Å²) in [6, 6.07) is 2.25. The first-order chi connectivity index (χ1) is 9.81. The summed E-state index contributed by atoms with van der Waals surface area (Å²) in [5.41, 5.74) is 0.330. The van der Waals surface area contributed by atoms with Gasteiger partial charge in [0.15, 0.2) is 17.4 Å². The minimum atomic E-state index is -3.17. The summed E-state index contributed by atoms with van der Waals surface area (Å²) in [5.74, 6) is -2.07. The Morgan fingerprint density at radius 3 is 2.43 bits per heavy atom. The van der Waals surface area contributed by atoms with Crippen LogP contribution in [-0.4, -0.2) is 26.0 Å². The van der Waals surface area contributed by atoms with Crippen LogP contribution in [0.5, 0.6) is 5.75 Å². The van der Waals surface area contributed by atoms with E-state index in [-0.39, 0.29) is 12.3 Å². The zero-order valence-corrected chi connectivity index (χ0v) is 13.2. The molecule has 0 aromatic heterocycles. The van der Waals surface area contributed by atoms with Crippen molar-refractivity contribution in [2.75, 3.05) is 6.26 Å². The highest BCUT2D eigenvalue weighted by Gasteiger charge is 2.31. The van der Waals surface area contributed by atoms with Crippen LogP contribution in [0.1, 0.15) is 31.2 Å². The molecule has 0 radical (unpaired) electrons. The fraction of sp³-hybridized carbons (Fsp3) is 0.571. The molecule has 1 aromatic carbocycles. The molecule has 0 amide bonds. The molecule has 0 heterocycles. The van der Waals surface area contributed by atoms with Crippen molar-refractivity contribution in [3.05, 3.63) is 29.3 Å². The second-order valence-corrected chi connectivity index (χ2v) is 7.97. The molecule has 21 heavy (non-hydrogen) atoms. The summed E-state index contributed by atoms with van der Waals surface area (Å²) in [5, 5.41) is -0.510. The zero-order chi connectivity index (χ0) is 15.6. The van der Waals surface area contributed by atoms with Gasteiger partial charge in [-0.25, -0.2) is 17.2 Å². The molecule has 0 spiro atoms. The van der Waals surface area contributed by atoms with E-state index in [9.17, 15) is 17.2 Å². The quantitative estimate of drug-likeness (QED) is 0.790. The molecule has 1 fully saturated rings. The van der Waals surface area contributed by atoms with Gasteiger partial charge in [-0.2, -0.15) is 0 Å². The summed E-state index contributed by atoms with van der Waals surface area (Å²) in [6.07, 6.45) is 2.75. The highest BCUT2D eigenvalue weighted by Crippen LogP contribution is 2.31. The Bertz CT molecular complexity index is 596. The van der Waals surface area contributed by atoms with Crippen LogP contribution in [0.4, 0.5) is 8.78 Å². The number of hydrogen-bond donors (Lipinski definition) is 0. The lowest BCUT2D eigenvalue weighted by Crippen LogP contribution is -2.33. The van der Waals surface area contributed by atoms with Crippen molar-refractivity contribution in [2.45, 2.75) is 42.9 Å². The molecule has 1 aliphatic carbocycles. The van der Waals surface area contributed by atoms with Gasteiger partial charge in [0, 0.05) is 18.6 Å². The van der Waals surface area contributed by atoms with Gasteiger partial charge in [-0.3, -0.25) is 0 Å². The first-order valence-corrected chi connectivity index (χ1v) is 9.19. The molecule has 7 heteroatoms. The molecule has 1 aromatic rings. The van der Waals surface area contributed by atoms with Crippen molar-refractivity contribution >= 4 is 21.4 Å². The first-order valence-electron chi connectivity index (χ1n) is 6.70. The van der Waals surface area contributed by atoms with E-state index >= 15 is 0 Å². The van der Waals surface area contributed by atoms with Gasteiger partial charge < -0.3 is 4.74 Å². The van der Waals surface area contributed by atoms with Crippen molar-refractivity contribution in [3.8, 4) is 5.75 Å². The summed E-state index contributed by atoms with van der Waals surface area (Å²) >= 11 is 5.54. The first kappa shape index (κ1) is 16.5. The Kier molecular flexibility index (Phi) is 5.09. The lowest BCUT2D eigenvalue weighted by atomic mass is 9.97. The van der Waals surface area contributed by atoms with E-state index in [2.05, 4.69) is 0 Å². The predicted molar refractivity (Wildman–Crippen MR) is 77.4 cm³/mol. The third-order valence-corrected chi connectivity index (χ3v) is 5.63. The minimum Gasteiger partial charge on any atom is -0.484 e. The van der Waals surface area contributed by atoms with Crippen LogP contribution < -0.4 is 4.74 Å². The maximum absolute atomic E-state index is 13.8. The van der Waals surface area contributed by atoms with Crippen molar-refractivity contribution in [1.82, 2.24) is 0 Å². The average Bonchev–Trinajstić information content (AvgIpc) is 2.42. The third-order valence-electron chi connectivity index (χ3n) is 3.68. The average molecular weight is 339 g/mol. The van der Waals surface area contributed by atoms with Gasteiger partial charge in [0.25, 0.3) is 0 Å². The monoisotopic (exact) mass is 338 g/mol. The Morgan fingerprint density at radius 1 is 1.29 bits per heavy atom. The summed E-state index contributed by atoms with van der Waals surface area (Å²) in [7, 11) is -3.17. The van der Waals surface area contributed by atoms with Crippen LogP contribution >= 0.6 is 11.6 Å². The van der Waals surface area contributed by atoms with Crippen molar-refractivity contribution in [1.29, 1.82) is 0 Å². The number of hydrogen-bond acceptors (Lipinski definition) is 3. The Balaban J connectivity index is 2.15. The topological polar surface area (TPSA) is 43.4 Å². The SMILES string of the molecule is CS(=O)(=O)C1CCCC(Oc2c(F)cc(CCl)cc2F)C1. The predicted octanol–water partition coefficient (Wildman–Crippen LogP) is 3.44. The van der Waals surface area contributed by atoms with Crippen LogP contribution in [-0.2, 0) is 15.7 Å². The second-order valence-electron chi connectivity index (χ2n) is 5.38. The molecule has 1 saturated carbocycles. The maximum atomic E-state index is 13.8. The van der Waals surface area contributed by atoms with E-state index in [4.69, 9.17) is 16.3 Å². The highest BCUT2D eigenvalue weighted by atomic mass is 35.5. The molecule has 0 bridgehead atoms. The molecule has 2 unspecified atom stereocenters. The van der Waals surface area contributed by atoms with Crippen LogP contribution in [0.2, 0.25) is 0 Å². The van der Waals surface area contributed by atoms with E-state index in [1.165, 1.54) is 6.26 Å². The maximum Gasteiger partial charge on any atom is 0.191 e. The molecule has 2 rings (SSSR count). The van der Waals surface area contributed by atoms with Crippen molar-refractivity contribution < 1.29 is 21.9 Å². The van der Waals surface area contributed by atoms with Gasteiger partial charge in [-0.15, -0.1) is 11.6 Å². The number of sulfone groups is 1. The number of halogens is 3. The number of rotatable bonds is 4. The Hall–Kier alpha value is -0.880. The van der Waals surface area contributed by atoms with Crippen LogP contribution in [0, 0.1) is 11.6 Å². The standard InChI is InChI=1S/C14H17ClF2O3S/c1-21(18,19)11-4-2-3-10(7-11)20-14-12(16)5-9(8-15)6-13(14)17/h5-6,10-11H,2-4,7-8H2,1H3. The normalized spacial score (nSPS) is 23.0. The van der Waals surface area contributed by atoms with E-state index < -0.39 is 38.6 Å². The third kappa shape index (κ3) is 4.07. The molecular formula is C14H17ClF2O3S. The molecule has 3 nitrogen and oxygen atoms in total. The van der Waals surface area contributed by atoms with Crippen molar-refractivity contribution in [2.24, 2.45) is 0 Å². The number of benzene rings is 1. The molecule has 1 aliphatic rings. The molecule has 0 N–H and O–H groups in total. The lowest BCUT2D eigenvalue weighted by molar-refractivity contribution is 0.143. The van der Waals surface area contributed by atoms with Gasteiger partial charge in [0.05, 0.1) is 5.25 Å². The Labute approximate surface area is 128 Å². The molecule has 118 valence electrons. The van der Waals surface area contributed by atoms with Gasteiger partial charge in [0.1, 0.15) is 15.9 Å². The van der Waals surface area contributed by atoms with Gasteiger partial charge in [-0.05, 0) is 37.0 Å². The number of alkyl halides is 1. The van der Waals surface area contributed by atoms with Crippen LogP contribution in [0.15, 0.2) is 12.1 Å². The zero-order valence-electron chi connectivity index (χ0n) is 11.6. The smallest absolute Gasteiger partial charge is 0.191 e. The van der Waals surface area contributed by atoms with Gasteiger partial charge in [0.2, 0.25) is 0 Å². The molecule has 0 saturated heterocycles. The van der Waals surface area contributed by atoms with Gasteiger partial charge in [-0.1, -0.05) is 0 Å². The lowest BCUT2D eigenvalue weighted by Gasteiger charge is -2.28. The molecular weight excluding hydrogens is 322 g/mol. The summed E-state index contributed by atoms with van der Waals surface area (Å²) in [4.78, 5) is 0. The second kappa shape index (κ2) is 6.48. The molecule has 2 atom stereocenters. The van der Waals surface area contributed by atoms with E-state index in [0.717, 1.165) is 12.1 Å². The van der Waals surface area contributed by atoms with E-state index in [1.807, 2.05) is 0 Å². The highest BCUT2D eigenvalue weighted by molar-refractivity contribution is 7.91.